The van der Waals surface area contributed by atoms with Crippen molar-refractivity contribution in [2.24, 2.45) is 0 Å². The van der Waals surface area contributed by atoms with Gasteiger partial charge in [0.25, 0.3) is 0 Å². The molecule has 0 spiro atoms. The summed E-state index contributed by atoms with van der Waals surface area (Å²) in [6, 6.07) is 10.4. The maximum atomic E-state index is 13.6. The van der Waals surface area contributed by atoms with Gasteiger partial charge in [-0.25, -0.2) is 14.4 Å². The summed E-state index contributed by atoms with van der Waals surface area (Å²) in [5, 5.41) is 9.87. The third-order valence-electron chi connectivity index (χ3n) is 7.39. The highest BCUT2D eigenvalue weighted by molar-refractivity contribution is 6.30. The maximum absolute atomic E-state index is 13.6. The molecule has 1 aliphatic heterocycles. The zero-order chi connectivity index (χ0) is 24.8. The summed E-state index contributed by atoms with van der Waals surface area (Å²) in [6.07, 6.45) is 6.95. The van der Waals surface area contributed by atoms with Crippen molar-refractivity contribution in [3.63, 3.8) is 0 Å². The number of fused-ring (bicyclic) bond motifs is 2. The van der Waals surface area contributed by atoms with Gasteiger partial charge in [0, 0.05) is 40.2 Å². The number of pyridine rings is 2. The van der Waals surface area contributed by atoms with Crippen LogP contribution in [0.25, 0.3) is 33.2 Å². The molecule has 0 bridgehead atoms. The fourth-order valence-corrected chi connectivity index (χ4v) is 5.77. The van der Waals surface area contributed by atoms with E-state index in [1.165, 1.54) is 28.8 Å². The topological polar surface area (TPSA) is 73.5 Å². The fraction of sp³-hybridized carbons (Fsp3) is 0.321. The third-order valence-corrected chi connectivity index (χ3v) is 7.74. The fourth-order valence-electron chi connectivity index (χ4n) is 5.61. The molecule has 6 rings (SSSR count). The van der Waals surface area contributed by atoms with Gasteiger partial charge in [-0.1, -0.05) is 31.5 Å². The number of halogens is 2. The highest BCUT2D eigenvalue weighted by atomic mass is 35.5. The van der Waals surface area contributed by atoms with Crippen molar-refractivity contribution < 1.29 is 4.39 Å². The van der Waals surface area contributed by atoms with Gasteiger partial charge in [-0.3, -0.25) is 10.00 Å². The largest absolute Gasteiger partial charge is 0.354 e. The lowest BCUT2D eigenvalue weighted by Gasteiger charge is -2.32. The number of nitrogens with one attached hydrogen (secondary N) is 2. The predicted octanol–water partition coefficient (Wildman–Crippen LogP) is 6.80. The molecule has 36 heavy (non-hydrogen) atoms. The normalized spacial score (nSPS) is 15.5. The zero-order valence-corrected chi connectivity index (χ0v) is 21.1. The second kappa shape index (κ2) is 9.30. The van der Waals surface area contributed by atoms with E-state index >= 15 is 0 Å². The molecule has 4 aromatic heterocycles. The Labute approximate surface area is 213 Å². The number of benzene rings is 1. The molecule has 1 aromatic carbocycles. The van der Waals surface area contributed by atoms with Crippen molar-refractivity contribution in [2.45, 2.75) is 45.1 Å². The Kier molecular flexibility index (Phi) is 5.97. The van der Waals surface area contributed by atoms with Crippen LogP contribution in [-0.2, 0) is 6.54 Å². The second-order valence-corrected chi connectivity index (χ2v) is 10.4. The van der Waals surface area contributed by atoms with E-state index in [-0.39, 0.29) is 5.82 Å². The molecule has 1 aliphatic rings. The summed E-state index contributed by atoms with van der Waals surface area (Å²) >= 11 is 6.19. The van der Waals surface area contributed by atoms with Crippen LogP contribution in [0.3, 0.4) is 0 Å². The number of hydrogen-bond donors (Lipinski definition) is 2. The van der Waals surface area contributed by atoms with Crippen LogP contribution in [0.15, 0.2) is 48.9 Å². The minimum Gasteiger partial charge on any atom is -0.354 e. The molecule has 8 heteroatoms. The van der Waals surface area contributed by atoms with Gasteiger partial charge in [0.15, 0.2) is 5.65 Å². The Morgan fingerprint density at radius 3 is 2.72 bits per heavy atom. The predicted molar refractivity (Wildman–Crippen MR) is 142 cm³/mol. The van der Waals surface area contributed by atoms with E-state index in [4.69, 9.17) is 11.6 Å². The van der Waals surface area contributed by atoms with E-state index in [1.54, 1.807) is 0 Å². The first-order valence-electron chi connectivity index (χ1n) is 12.4. The molecular weight excluding hydrogens is 475 g/mol. The van der Waals surface area contributed by atoms with Crippen LogP contribution in [0.2, 0.25) is 5.15 Å². The number of piperidine rings is 1. The molecule has 0 radical (unpaired) electrons. The van der Waals surface area contributed by atoms with Crippen LogP contribution in [0.5, 0.6) is 0 Å². The lowest BCUT2D eigenvalue weighted by molar-refractivity contribution is 0.204. The Morgan fingerprint density at radius 1 is 1.08 bits per heavy atom. The van der Waals surface area contributed by atoms with E-state index in [0.717, 1.165) is 59.3 Å². The molecule has 6 nitrogen and oxygen atoms in total. The molecule has 1 saturated heterocycles. The number of hydrogen-bond acceptors (Lipinski definition) is 4. The van der Waals surface area contributed by atoms with Crippen molar-refractivity contribution in [3.05, 3.63) is 76.6 Å². The van der Waals surface area contributed by atoms with Crippen molar-refractivity contribution in [1.82, 2.24) is 30.0 Å². The minimum absolute atomic E-state index is 0.343. The molecule has 1 fully saturated rings. The maximum Gasteiger partial charge on any atom is 0.155 e. The third kappa shape index (κ3) is 4.16. The molecule has 2 N–H and O–H groups in total. The van der Waals surface area contributed by atoms with Gasteiger partial charge >= 0.3 is 0 Å². The summed E-state index contributed by atoms with van der Waals surface area (Å²) in [4.78, 5) is 14.4. The number of aromatic amines is 2. The first kappa shape index (κ1) is 23.1. The summed E-state index contributed by atoms with van der Waals surface area (Å²) in [6.45, 7) is 7.01. The molecule has 0 atom stereocenters. The van der Waals surface area contributed by atoms with Crippen molar-refractivity contribution >= 4 is 33.5 Å². The molecule has 184 valence electrons. The van der Waals surface area contributed by atoms with Crippen LogP contribution >= 0.6 is 11.6 Å². The van der Waals surface area contributed by atoms with Crippen LogP contribution in [0.1, 0.15) is 55.2 Å². The Morgan fingerprint density at radius 2 is 1.92 bits per heavy atom. The van der Waals surface area contributed by atoms with Crippen molar-refractivity contribution in [2.75, 3.05) is 13.1 Å². The summed E-state index contributed by atoms with van der Waals surface area (Å²) in [5.74, 6) is 0.502. The van der Waals surface area contributed by atoms with Gasteiger partial charge in [0.1, 0.15) is 11.0 Å². The quantitative estimate of drug-likeness (QED) is 0.259. The van der Waals surface area contributed by atoms with Crippen molar-refractivity contribution in [3.8, 4) is 11.3 Å². The van der Waals surface area contributed by atoms with Gasteiger partial charge < -0.3 is 4.98 Å². The van der Waals surface area contributed by atoms with E-state index in [9.17, 15) is 4.39 Å². The second-order valence-electron chi connectivity index (χ2n) is 10.0. The number of H-pyrrole nitrogens is 2. The molecule has 0 unspecified atom stereocenters. The molecule has 0 aliphatic carbocycles. The van der Waals surface area contributed by atoms with Crippen LogP contribution < -0.4 is 0 Å². The Bertz CT molecular complexity index is 1550. The lowest BCUT2D eigenvalue weighted by atomic mass is 9.87. The van der Waals surface area contributed by atoms with E-state index in [0.29, 0.717) is 23.5 Å². The molecule has 0 amide bonds. The molecule has 5 heterocycles. The standard InChI is InChI=1S/C28H28ClFN6/c1-16(2)25-22-12-18(17-6-9-36(10-7-17)15-19-11-20(30)13-32-27(19)29)3-4-24(22)34-26(25)21-5-8-31-28-23(21)14-33-35-28/h3-5,8,11-14,16-17,34H,6-7,9-10,15H2,1-2H3,(H,31,33,35). The van der Waals surface area contributed by atoms with Crippen LogP contribution in [0.4, 0.5) is 4.39 Å². The number of rotatable bonds is 5. The number of nitrogens with zero attached hydrogens (tertiary/aromatic N) is 4. The average Bonchev–Trinajstić information content (AvgIpc) is 3.51. The van der Waals surface area contributed by atoms with Gasteiger partial charge in [0.05, 0.1) is 18.1 Å². The highest BCUT2D eigenvalue weighted by Gasteiger charge is 2.24. The van der Waals surface area contributed by atoms with Gasteiger partial charge in [-0.2, -0.15) is 5.10 Å². The minimum atomic E-state index is -0.343. The van der Waals surface area contributed by atoms with Crippen LogP contribution in [-0.4, -0.2) is 43.1 Å². The lowest BCUT2D eigenvalue weighted by Crippen LogP contribution is -2.32. The first-order chi connectivity index (χ1) is 17.5. The Hall–Kier alpha value is -3.29. The number of aromatic nitrogens is 5. The highest BCUT2D eigenvalue weighted by Crippen LogP contribution is 2.40. The van der Waals surface area contributed by atoms with E-state index < -0.39 is 0 Å². The SMILES string of the molecule is CC(C)c1c(-c2ccnc3[nH]ncc23)[nH]c2ccc(C3CCN(Cc4cc(F)cnc4Cl)CC3)cc12. The molecule has 5 aromatic rings. The summed E-state index contributed by atoms with van der Waals surface area (Å²) < 4.78 is 13.6. The Balaban J connectivity index is 1.27. The van der Waals surface area contributed by atoms with Crippen LogP contribution in [0, 0.1) is 5.82 Å². The summed E-state index contributed by atoms with van der Waals surface area (Å²) in [7, 11) is 0. The van der Waals surface area contributed by atoms with Gasteiger partial charge in [-0.15, -0.1) is 0 Å². The first-order valence-corrected chi connectivity index (χ1v) is 12.8. The van der Waals surface area contributed by atoms with Crippen molar-refractivity contribution in [1.29, 1.82) is 0 Å². The zero-order valence-electron chi connectivity index (χ0n) is 20.4. The summed E-state index contributed by atoms with van der Waals surface area (Å²) in [5.41, 5.74) is 7.66. The molecular formula is C28H28ClFN6. The number of likely N-dealkylation sites (tertiary alicyclic amines) is 1. The molecule has 0 saturated carbocycles. The smallest absolute Gasteiger partial charge is 0.155 e. The average molecular weight is 503 g/mol. The monoisotopic (exact) mass is 502 g/mol. The van der Waals surface area contributed by atoms with Gasteiger partial charge in [0.2, 0.25) is 0 Å². The van der Waals surface area contributed by atoms with Gasteiger partial charge in [-0.05, 0) is 73.2 Å². The van der Waals surface area contributed by atoms with E-state index in [1.807, 2.05) is 12.4 Å². The van der Waals surface area contributed by atoms with E-state index in [2.05, 4.69) is 68.2 Å².